The van der Waals surface area contributed by atoms with Gasteiger partial charge in [0, 0.05) is 13.1 Å². The fraction of sp³-hybridized carbons (Fsp3) is 0.500. The molecule has 9 nitrogen and oxygen atoms in total. The molecule has 0 saturated carbocycles. The Kier molecular flexibility index (Phi) is 6.05. The van der Waals surface area contributed by atoms with Crippen molar-refractivity contribution in [3.05, 3.63) is 24.0 Å². The Hall–Kier alpha value is -3.10. The van der Waals surface area contributed by atoms with E-state index in [2.05, 4.69) is 20.8 Å². The van der Waals surface area contributed by atoms with Crippen LogP contribution in [0.25, 0.3) is 16.7 Å². The van der Waals surface area contributed by atoms with Crippen molar-refractivity contribution in [2.24, 2.45) is 0 Å². The van der Waals surface area contributed by atoms with E-state index in [0.717, 1.165) is 29.7 Å². The number of anilines is 1. The van der Waals surface area contributed by atoms with E-state index < -0.39 is 11.7 Å². The van der Waals surface area contributed by atoms with Crippen LogP contribution in [0.2, 0.25) is 0 Å². The van der Waals surface area contributed by atoms with Gasteiger partial charge in [-0.15, -0.1) is 10.2 Å². The summed E-state index contributed by atoms with van der Waals surface area (Å²) in [5.74, 6) is 2.13. The molecule has 9 heteroatoms. The van der Waals surface area contributed by atoms with Gasteiger partial charge in [0.25, 0.3) is 0 Å². The minimum atomic E-state index is -0.490. The maximum absolute atomic E-state index is 11.7. The first-order valence-electron chi connectivity index (χ1n) is 9.69. The molecule has 0 fully saturated rings. The van der Waals surface area contributed by atoms with E-state index in [-0.39, 0.29) is 0 Å². The Morgan fingerprint density at radius 3 is 2.66 bits per heavy atom. The summed E-state index contributed by atoms with van der Waals surface area (Å²) in [4.78, 5) is 16.4. The average Bonchev–Trinajstić information content (AvgIpc) is 3.05. The number of unbranched alkanes of at least 4 members (excludes halogenated alkanes) is 1. The Labute approximate surface area is 169 Å². The van der Waals surface area contributed by atoms with E-state index in [9.17, 15) is 4.79 Å². The lowest BCUT2D eigenvalue weighted by Gasteiger charge is -2.19. The molecule has 3 aromatic rings. The van der Waals surface area contributed by atoms with Crippen LogP contribution in [-0.2, 0) is 4.74 Å². The van der Waals surface area contributed by atoms with Crippen molar-refractivity contribution in [2.45, 2.75) is 46.1 Å². The van der Waals surface area contributed by atoms with Gasteiger partial charge in [-0.3, -0.25) is 4.40 Å². The fourth-order valence-corrected chi connectivity index (χ4v) is 3.01. The number of carbonyl (C=O) groups excluding carboxylic acids is 1. The average molecular weight is 400 g/mol. The summed E-state index contributed by atoms with van der Waals surface area (Å²) < 4.78 is 12.7. The molecule has 0 spiro atoms. The second kappa shape index (κ2) is 8.50. The topological polar surface area (TPSA) is 103 Å². The normalized spacial score (nSPS) is 11.6. The summed E-state index contributed by atoms with van der Waals surface area (Å²) in [6, 6.07) is 5.78. The number of ether oxygens (including phenoxy) is 2. The van der Waals surface area contributed by atoms with Gasteiger partial charge >= 0.3 is 6.09 Å². The number of hydrogen-bond donors (Lipinski definition) is 2. The van der Waals surface area contributed by atoms with Gasteiger partial charge in [0.1, 0.15) is 22.7 Å². The monoisotopic (exact) mass is 400 g/mol. The van der Waals surface area contributed by atoms with Crippen LogP contribution < -0.4 is 15.4 Å². The summed E-state index contributed by atoms with van der Waals surface area (Å²) in [7, 11) is 1.63. The van der Waals surface area contributed by atoms with E-state index in [1.54, 1.807) is 7.11 Å². The van der Waals surface area contributed by atoms with Crippen LogP contribution in [0.1, 0.15) is 39.4 Å². The third-order valence-corrected chi connectivity index (χ3v) is 4.26. The van der Waals surface area contributed by atoms with Crippen LogP contribution in [0.15, 0.2) is 18.2 Å². The van der Waals surface area contributed by atoms with Crippen molar-refractivity contribution in [2.75, 3.05) is 25.5 Å². The summed E-state index contributed by atoms with van der Waals surface area (Å²) in [5, 5.41) is 14.6. The standard InChI is InChI=1S/C20H28N6O3/c1-13-24-25-18-17(21-11-6-7-12-22-19(27)29-20(2,3)4)23-16-14(26(13)18)9-8-10-15(16)28-5/h8-10H,6-7,11-12H2,1-5H3,(H,21,23)(H,22,27). The molecule has 2 aromatic heterocycles. The smallest absolute Gasteiger partial charge is 0.407 e. The lowest BCUT2D eigenvalue weighted by atomic mass is 10.2. The van der Waals surface area contributed by atoms with Crippen LogP contribution >= 0.6 is 0 Å². The molecule has 1 amide bonds. The predicted octanol–water partition coefficient (Wildman–Crippen LogP) is 3.31. The molecule has 0 unspecified atom stereocenters. The zero-order chi connectivity index (χ0) is 21.0. The second-order valence-electron chi connectivity index (χ2n) is 7.76. The number of benzene rings is 1. The van der Waals surface area contributed by atoms with Gasteiger partial charge in [-0.2, -0.15) is 0 Å². The molecule has 156 valence electrons. The van der Waals surface area contributed by atoms with Crippen molar-refractivity contribution >= 4 is 28.6 Å². The van der Waals surface area contributed by atoms with E-state index in [1.165, 1.54) is 0 Å². The number of fused-ring (bicyclic) bond motifs is 3. The first-order valence-corrected chi connectivity index (χ1v) is 9.69. The quantitative estimate of drug-likeness (QED) is 0.587. The lowest BCUT2D eigenvalue weighted by Crippen LogP contribution is -2.33. The first-order chi connectivity index (χ1) is 13.8. The molecule has 0 saturated heterocycles. The number of nitrogens with one attached hydrogen (secondary N) is 2. The molecule has 0 aliphatic rings. The molecule has 2 N–H and O–H groups in total. The van der Waals surface area contributed by atoms with Crippen LogP contribution in [0.4, 0.5) is 10.6 Å². The summed E-state index contributed by atoms with van der Waals surface area (Å²) >= 11 is 0. The van der Waals surface area contributed by atoms with E-state index in [0.29, 0.717) is 30.3 Å². The van der Waals surface area contributed by atoms with Gasteiger partial charge in [-0.05, 0) is 52.7 Å². The number of nitrogens with zero attached hydrogens (tertiary/aromatic N) is 4. The zero-order valence-electron chi connectivity index (χ0n) is 17.6. The molecule has 0 aliphatic carbocycles. The highest BCUT2D eigenvalue weighted by atomic mass is 16.6. The fourth-order valence-electron chi connectivity index (χ4n) is 3.01. The Morgan fingerprint density at radius 2 is 1.93 bits per heavy atom. The summed E-state index contributed by atoms with van der Waals surface area (Å²) in [6.07, 6.45) is 1.26. The van der Waals surface area contributed by atoms with Gasteiger partial charge in [0.15, 0.2) is 5.82 Å². The summed E-state index contributed by atoms with van der Waals surface area (Å²) in [6.45, 7) is 8.67. The third-order valence-electron chi connectivity index (χ3n) is 4.26. The zero-order valence-corrected chi connectivity index (χ0v) is 17.6. The molecule has 0 radical (unpaired) electrons. The molecule has 29 heavy (non-hydrogen) atoms. The SMILES string of the molecule is COc1cccc2c1nc(NCCCCNC(=O)OC(C)(C)C)c1nnc(C)n12. The maximum Gasteiger partial charge on any atom is 0.407 e. The highest BCUT2D eigenvalue weighted by Crippen LogP contribution is 2.28. The maximum atomic E-state index is 11.7. The van der Waals surface area contributed by atoms with Gasteiger partial charge in [-0.25, -0.2) is 9.78 Å². The number of amides is 1. The van der Waals surface area contributed by atoms with Crippen LogP contribution in [0.3, 0.4) is 0 Å². The van der Waals surface area contributed by atoms with Crippen molar-refractivity contribution in [3.8, 4) is 5.75 Å². The largest absolute Gasteiger partial charge is 0.494 e. The molecule has 0 aliphatic heterocycles. The number of rotatable bonds is 7. The molecular weight excluding hydrogens is 372 g/mol. The minimum absolute atomic E-state index is 0.394. The van der Waals surface area contributed by atoms with Crippen LogP contribution in [0.5, 0.6) is 5.75 Å². The minimum Gasteiger partial charge on any atom is -0.494 e. The number of aromatic nitrogens is 4. The number of para-hydroxylation sites is 1. The molecule has 3 rings (SSSR count). The third kappa shape index (κ3) is 4.85. The van der Waals surface area contributed by atoms with Crippen molar-refractivity contribution < 1.29 is 14.3 Å². The summed E-state index contributed by atoms with van der Waals surface area (Å²) in [5.41, 5.74) is 1.83. The molecule has 2 heterocycles. The highest BCUT2D eigenvalue weighted by molar-refractivity contribution is 5.87. The predicted molar refractivity (Wildman–Crippen MR) is 112 cm³/mol. The molecule has 1 aromatic carbocycles. The van der Waals surface area contributed by atoms with Gasteiger partial charge in [0.2, 0.25) is 5.65 Å². The number of carbonyl (C=O) groups is 1. The highest BCUT2D eigenvalue weighted by Gasteiger charge is 2.16. The Balaban J connectivity index is 1.64. The Morgan fingerprint density at radius 1 is 1.17 bits per heavy atom. The number of methoxy groups -OCH3 is 1. The van der Waals surface area contributed by atoms with Crippen molar-refractivity contribution in [1.82, 2.24) is 24.9 Å². The van der Waals surface area contributed by atoms with Crippen LogP contribution in [0, 0.1) is 6.92 Å². The lowest BCUT2D eigenvalue weighted by molar-refractivity contribution is 0.0527. The van der Waals surface area contributed by atoms with E-state index in [1.807, 2.05) is 50.3 Å². The molecule has 0 atom stereocenters. The van der Waals surface area contributed by atoms with E-state index in [4.69, 9.17) is 14.5 Å². The van der Waals surface area contributed by atoms with Gasteiger partial charge in [0.05, 0.1) is 12.6 Å². The number of hydrogen-bond acceptors (Lipinski definition) is 7. The number of aryl methyl sites for hydroxylation is 1. The second-order valence-corrected chi connectivity index (χ2v) is 7.76. The Bertz CT molecular complexity index is 1010. The van der Waals surface area contributed by atoms with Crippen molar-refractivity contribution in [1.29, 1.82) is 0 Å². The van der Waals surface area contributed by atoms with E-state index >= 15 is 0 Å². The molecule has 0 bridgehead atoms. The van der Waals surface area contributed by atoms with Gasteiger partial charge in [-0.1, -0.05) is 6.07 Å². The number of alkyl carbamates (subject to hydrolysis) is 1. The van der Waals surface area contributed by atoms with Crippen LogP contribution in [-0.4, -0.2) is 51.5 Å². The van der Waals surface area contributed by atoms with Crippen molar-refractivity contribution in [3.63, 3.8) is 0 Å². The first kappa shape index (κ1) is 20.6. The van der Waals surface area contributed by atoms with Gasteiger partial charge < -0.3 is 20.1 Å². The molecular formula is C20H28N6O3.